The zero-order valence-electron chi connectivity index (χ0n) is 17.6. The molecular weight excluding hydrogens is 396 g/mol. The average Bonchev–Trinajstić information content (AvgIpc) is 3.31. The molecule has 0 spiro atoms. The maximum Gasteiger partial charge on any atom is 0.336 e. The van der Waals surface area contributed by atoms with E-state index in [2.05, 4.69) is 0 Å². The van der Waals surface area contributed by atoms with Crippen LogP contribution in [0.25, 0.3) is 0 Å². The summed E-state index contributed by atoms with van der Waals surface area (Å²) in [7, 11) is 0. The third-order valence-electron chi connectivity index (χ3n) is 4.55. The molecular formula is C25H28O6. The Balaban J connectivity index is 1.55. The van der Waals surface area contributed by atoms with Crippen molar-refractivity contribution in [2.45, 2.75) is 45.1 Å². The molecule has 1 aliphatic rings. The van der Waals surface area contributed by atoms with E-state index in [9.17, 15) is 4.79 Å². The van der Waals surface area contributed by atoms with E-state index in [-0.39, 0.29) is 19.6 Å². The summed E-state index contributed by atoms with van der Waals surface area (Å²) < 4.78 is 28.0. The Bertz CT molecular complexity index is 826. The lowest BCUT2D eigenvalue weighted by Gasteiger charge is -2.22. The lowest BCUT2D eigenvalue weighted by atomic mass is 10.2. The summed E-state index contributed by atoms with van der Waals surface area (Å²) in [6.07, 6.45) is 4.79. The molecule has 1 unspecified atom stereocenters. The molecule has 31 heavy (non-hydrogen) atoms. The minimum absolute atomic E-state index is 0.214. The Morgan fingerprint density at radius 2 is 1.58 bits per heavy atom. The van der Waals surface area contributed by atoms with Crippen LogP contribution in [-0.4, -0.2) is 31.1 Å². The maximum absolute atomic E-state index is 12.9. The minimum atomic E-state index is -0.841. The van der Waals surface area contributed by atoms with Crippen molar-refractivity contribution in [2.24, 2.45) is 0 Å². The molecule has 0 N–H and O–H groups in total. The predicted octanol–water partition coefficient (Wildman–Crippen LogP) is 4.51. The molecule has 6 heteroatoms. The number of rotatable bonds is 12. The second kappa shape index (κ2) is 12.6. The van der Waals surface area contributed by atoms with E-state index in [0.29, 0.717) is 6.61 Å². The number of hydrogen-bond donors (Lipinski definition) is 0. The van der Waals surface area contributed by atoms with Crippen LogP contribution in [0.5, 0.6) is 0 Å². The van der Waals surface area contributed by atoms with Gasteiger partial charge in [-0.15, -0.1) is 0 Å². The van der Waals surface area contributed by atoms with Crippen LogP contribution >= 0.6 is 0 Å². The molecule has 2 atom stereocenters. The smallest absolute Gasteiger partial charge is 0.336 e. The van der Waals surface area contributed by atoms with Gasteiger partial charge in [-0.3, -0.25) is 0 Å². The molecule has 2 aromatic carbocycles. The first kappa shape index (κ1) is 22.6. The summed E-state index contributed by atoms with van der Waals surface area (Å²) in [5.74, 6) is -0.485. The van der Waals surface area contributed by atoms with E-state index in [1.165, 1.54) is 12.5 Å². The third-order valence-corrected chi connectivity index (χ3v) is 4.55. The Morgan fingerprint density at radius 1 is 0.968 bits per heavy atom. The van der Waals surface area contributed by atoms with Gasteiger partial charge in [-0.25, -0.2) is 4.79 Å². The molecule has 0 radical (unpaired) electrons. The second-order valence-corrected chi connectivity index (χ2v) is 7.00. The molecule has 0 bridgehead atoms. The lowest BCUT2D eigenvalue weighted by molar-refractivity contribution is -0.170. The Hall–Kier alpha value is -3.09. The standard InChI is InChI=1S/C25H28O6/c1-2-9-22(19-27-17-20-10-5-3-6-11-20)31-25(26)23(16-24-28-14-15-29-24)30-18-21-12-7-4-8-13-21/h2-15,22-24H,16-19H2,1H3/b9-2+/t22-,23?/m0/s1. The van der Waals surface area contributed by atoms with Gasteiger partial charge in [0.1, 0.15) is 18.6 Å². The Kier molecular flexibility index (Phi) is 9.16. The largest absolute Gasteiger partial charge is 0.459 e. The van der Waals surface area contributed by atoms with Crippen molar-refractivity contribution in [3.63, 3.8) is 0 Å². The average molecular weight is 424 g/mol. The van der Waals surface area contributed by atoms with Crippen molar-refractivity contribution in [1.82, 2.24) is 0 Å². The summed E-state index contributed by atoms with van der Waals surface area (Å²) in [4.78, 5) is 12.9. The van der Waals surface area contributed by atoms with Crippen molar-refractivity contribution in [3.8, 4) is 0 Å². The van der Waals surface area contributed by atoms with Crippen LogP contribution in [0.3, 0.4) is 0 Å². The fourth-order valence-electron chi connectivity index (χ4n) is 3.00. The fraction of sp³-hybridized carbons (Fsp3) is 0.320. The van der Waals surface area contributed by atoms with Crippen LogP contribution in [0.2, 0.25) is 0 Å². The van der Waals surface area contributed by atoms with Gasteiger partial charge < -0.3 is 23.7 Å². The van der Waals surface area contributed by atoms with Crippen LogP contribution in [0, 0.1) is 0 Å². The summed E-state index contributed by atoms with van der Waals surface area (Å²) in [5, 5.41) is 0. The first-order valence-electron chi connectivity index (χ1n) is 10.3. The van der Waals surface area contributed by atoms with Crippen LogP contribution in [0.1, 0.15) is 24.5 Å². The molecule has 1 aliphatic heterocycles. The molecule has 164 valence electrons. The van der Waals surface area contributed by atoms with Crippen LogP contribution in [-0.2, 0) is 41.7 Å². The van der Waals surface area contributed by atoms with E-state index < -0.39 is 24.5 Å². The summed E-state index contributed by atoms with van der Waals surface area (Å²) in [6, 6.07) is 19.5. The van der Waals surface area contributed by atoms with Gasteiger partial charge in [0.05, 0.1) is 26.2 Å². The molecule has 0 aliphatic carbocycles. The molecule has 1 heterocycles. The molecule has 6 nitrogen and oxygen atoms in total. The molecule has 2 aromatic rings. The lowest BCUT2D eigenvalue weighted by Crippen LogP contribution is -2.34. The molecule has 0 saturated heterocycles. The van der Waals surface area contributed by atoms with Gasteiger partial charge >= 0.3 is 5.97 Å². The SMILES string of the molecule is C/C=C/[C@@H](COCc1ccccc1)OC(=O)C(CC1OC=CO1)OCc1ccccc1. The Labute approximate surface area is 183 Å². The van der Waals surface area contributed by atoms with Crippen LogP contribution in [0.4, 0.5) is 0 Å². The third kappa shape index (κ3) is 7.92. The Morgan fingerprint density at radius 3 is 2.19 bits per heavy atom. The van der Waals surface area contributed by atoms with Gasteiger partial charge in [0.15, 0.2) is 6.10 Å². The summed E-state index contributed by atoms with van der Waals surface area (Å²) in [6.45, 7) is 2.83. The predicted molar refractivity (Wildman–Crippen MR) is 116 cm³/mol. The van der Waals surface area contributed by atoms with E-state index in [0.717, 1.165) is 11.1 Å². The molecule has 0 fully saturated rings. The van der Waals surface area contributed by atoms with Crippen LogP contribution in [0.15, 0.2) is 85.3 Å². The van der Waals surface area contributed by atoms with Crippen LogP contribution < -0.4 is 0 Å². The van der Waals surface area contributed by atoms with Crippen molar-refractivity contribution in [1.29, 1.82) is 0 Å². The van der Waals surface area contributed by atoms with Crippen molar-refractivity contribution < 1.29 is 28.5 Å². The van der Waals surface area contributed by atoms with Gasteiger partial charge in [-0.1, -0.05) is 66.7 Å². The van der Waals surface area contributed by atoms with Gasteiger partial charge in [0.2, 0.25) is 6.29 Å². The zero-order chi connectivity index (χ0) is 21.7. The molecule has 0 aromatic heterocycles. The van der Waals surface area contributed by atoms with Gasteiger partial charge in [-0.2, -0.15) is 0 Å². The highest BCUT2D eigenvalue weighted by atomic mass is 16.7. The fourth-order valence-corrected chi connectivity index (χ4v) is 3.00. The topological polar surface area (TPSA) is 63.2 Å². The highest BCUT2D eigenvalue weighted by molar-refractivity contribution is 5.75. The quantitative estimate of drug-likeness (QED) is 0.369. The number of esters is 1. The highest BCUT2D eigenvalue weighted by Crippen LogP contribution is 2.17. The number of carbonyl (C=O) groups excluding carboxylic acids is 1. The number of allylic oxidation sites excluding steroid dienone is 1. The van der Waals surface area contributed by atoms with Gasteiger partial charge in [0.25, 0.3) is 0 Å². The monoisotopic (exact) mass is 424 g/mol. The maximum atomic E-state index is 12.9. The van der Waals surface area contributed by atoms with Crippen molar-refractivity contribution in [3.05, 3.63) is 96.5 Å². The highest BCUT2D eigenvalue weighted by Gasteiger charge is 2.29. The normalized spacial score (nSPS) is 15.4. The number of hydrogen-bond acceptors (Lipinski definition) is 6. The van der Waals surface area contributed by atoms with Gasteiger partial charge in [-0.05, 0) is 24.1 Å². The molecule has 0 saturated carbocycles. The summed E-state index contributed by atoms with van der Waals surface area (Å²) in [5.41, 5.74) is 2.02. The van der Waals surface area contributed by atoms with E-state index in [4.69, 9.17) is 23.7 Å². The number of carbonyl (C=O) groups is 1. The molecule has 3 rings (SSSR count). The first-order chi connectivity index (χ1) is 15.2. The minimum Gasteiger partial charge on any atom is -0.459 e. The van der Waals surface area contributed by atoms with E-state index in [1.54, 1.807) is 6.08 Å². The first-order valence-corrected chi connectivity index (χ1v) is 10.3. The van der Waals surface area contributed by atoms with Crippen molar-refractivity contribution >= 4 is 5.97 Å². The van der Waals surface area contributed by atoms with E-state index >= 15 is 0 Å². The number of ether oxygens (including phenoxy) is 5. The van der Waals surface area contributed by atoms with E-state index in [1.807, 2.05) is 73.7 Å². The van der Waals surface area contributed by atoms with Crippen molar-refractivity contribution in [2.75, 3.05) is 6.61 Å². The zero-order valence-corrected chi connectivity index (χ0v) is 17.6. The second-order valence-electron chi connectivity index (χ2n) is 7.00. The summed E-state index contributed by atoms with van der Waals surface area (Å²) >= 11 is 0. The molecule has 0 amide bonds. The number of benzene rings is 2. The van der Waals surface area contributed by atoms with Gasteiger partial charge in [0, 0.05) is 0 Å².